The Morgan fingerprint density at radius 2 is 2.17 bits per heavy atom. The second kappa shape index (κ2) is 7.77. The first kappa shape index (κ1) is 16.9. The number of β-amino-alcohol motifs (C(OH)–C–C–N with tert-alkyl or cyclic N) is 1. The fourth-order valence-corrected chi connectivity index (χ4v) is 3.17. The topological polar surface area (TPSA) is 50.5 Å². The molecule has 0 aliphatic carbocycles. The van der Waals surface area contributed by atoms with Crippen LogP contribution in [0.25, 0.3) is 0 Å². The van der Waals surface area contributed by atoms with E-state index in [-0.39, 0.29) is 12.4 Å². The minimum Gasteiger partial charge on any atom is -0.491 e. The van der Waals surface area contributed by atoms with Gasteiger partial charge in [-0.15, -0.1) is 0 Å². The van der Waals surface area contributed by atoms with Crippen LogP contribution in [0.1, 0.15) is 18.4 Å². The molecule has 2 aromatic rings. The highest BCUT2D eigenvalue weighted by atomic mass is 19.1. The summed E-state index contributed by atoms with van der Waals surface area (Å²) >= 11 is 0. The van der Waals surface area contributed by atoms with Gasteiger partial charge in [0.25, 0.3) is 0 Å². The zero-order valence-electron chi connectivity index (χ0n) is 13.9. The maximum atomic E-state index is 12.9. The third-order valence-corrected chi connectivity index (χ3v) is 4.36. The van der Waals surface area contributed by atoms with Crippen molar-refractivity contribution in [1.82, 2.24) is 14.7 Å². The largest absolute Gasteiger partial charge is 0.491 e. The van der Waals surface area contributed by atoms with Crippen molar-refractivity contribution in [1.29, 1.82) is 0 Å². The first-order chi connectivity index (χ1) is 11.6. The number of aryl methyl sites for hydroxylation is 1. The van der Waals surface area contributed by atoms with Gasteiger partial charge in [0, 0.05) is 18.8 Å². The lowest BCUT2D eigenvalue weighted by Gasteiger charge is -2.26. The van der Waals surface area contributed by atoms with Gasteiger partial charge in [-0.25, -0.2) is 4.39 Å². The summed E-state index contributed by atoms with van der Waals surface area (Å²) in [6.07, 6.45) is 5.59. The molecule has 1 aromatic carbocycles. The lowest BCUT2D eigenvalue weighted by Crippen LogP contribution is -2.40. The van der Waals surface area contributed by atoms with Gasteiger partial charge in [-0.1, -0.05) is 0 Å². The van der Waals surface area contributed by atoms with Crippen LogP contribution in [0.15, 0.2) is 36.7 Å². The maximum Gasteiger partial charge on any atom is 0.123 e. The number of benzene rings is 1. The van der Waals surface area contributed by atoms with Crippen molar-refractivity contribution in [3.8, 4) is 5.75 Å². The number of aliphatic hydroxyl groups is 1. The molecule has 2 heterocycles. The van der Waals surface area contributed by atoms with Crippen LogP contribution in [0.5, 0.6) is 5.75 Å². The lowest BCUT2D eigenvalue weighted by molar-refractivity contribution is 0.0609. The van der Waals surface area contributed by atoms with Crippen LogP contribution in [0.4, 0.5) is 4.39 Å². The predicted molar refractivity (Wildman–Crippen MR) is 89.5 cm³/mol. The molecular weight excluding hydrogens is 309 g/mol. The van der Waals surface area contributed by atoms with Gasteiger partial charge in [-0.3, -0.25) is 9.58 Å². The Balaban J connectivity index is 1.47. The van der Waals surface area contributed by atoms with Crippen LogP contribution in [-0.4, -0.2) is 51.6 Å². The molecule has 24 heavy (non-hydrogen) atoms. The van der Waals surface area contributed by atoms with Crippen LogP contribution >= 0.6 is 0 Å². The van der Waals surface area contributed by atoms with Crippen molar-refractivity contribution < 1.29 is 14.2 Å². The van der Waals surface area contributed by atoms with E-state index in [4.69, 9.17) is 4.74 Å². The minimum atomic E-state index is -0.574. The first-order valence-corrected chi connectivity index (χ1v) is 8.39. The average molecular weight is 333 g/mol. The lowest BCUT2D eigenvalue weighted by atomic mass is 10.2. The summed E-state index contributed by atoms with van der Waals surface area (Å²) in [5.74, 6) is 0.275. The average Bonchev–Trinajstić information content (AvgIpc) is 3.16. The highest BCUT2D eigenvalue weighted by Crippen LogP contribution is 2.19. The van der Waals surface area contributed by atoms with Gasteiger partial charge in [0.15, 0.2) is 0 Å². The highest BCUT2D eigenvalue weighted by Gasteiger charge is 2.26. The van der Waals surface area contributed by atoms with E-state index < -0.39 is 6.10 Å². The van der Waals surface area contributed by atoms with E-state index in [0.717, 1.165) is 31.5 Å². The normalized spacial score (nSPS) is 19.5. The molecular formula is C18H24FN3O2. The molecule has 0 radical (unpaired) electrons. The van der Waals surface area contributed by atoms with Crippen LogP contribution < -0.4 is 4.74 Å². The number of rotatable bonds is 7. The third-order valence-electron chi connectivity index (χ3n) is 4.36. The molecule has 130 valence electrons. The van der Waals surface area contributed by atoms with Crippen LogP contribution in [0.3, 0.4) is 0 Å². The summed E-state index contributed by atoms with van der Waals surface area (Å²) in [5, 5.41) is 14.6. The maximum absolute atomic E-state index is 12.9. The van der Waals surface area contributed by atoms with Gasteiger partial charge in [0.1, 0.15) is 24.3 Å². The van der Waals surface area contributed by atoms with Crippen molar-refractivity contribution in [2.24, 2.45) is 0 Å². The number of hydrogen-bond donors (Lipinski definition) is 1. The van der Waals surface area contributed by atoms with Gasteiger partial charge in [-0.05, 0) is 56.1 Å². The summed E-state index contributed by atoms with van der Waals surface area (Å²) in [6.45, 7) is 4.65. The van der Waals surface area contributed by atoms with Gasteiger partial charge < -0.3 is 9.84 Å². The molecule has 5 nitrogen and oxygen atoms in total. The van der Waals surface area contributed by atoms with E-state index in [2.05, 4.69) is 10.00 Å². The van der Waals surface area contributed by atoms with E-state index >= 15 is 0 Å². The fraction of sp³-hybridized carbons (Fsp3) is 0.500. The number of nitrogens with zero attached hydrogens (tertiary/aromatic N) is 3. The van der Waals surface area contributed by atoms with Gasteiger partial charge >= 0.3 is 0 Å². The molecule has 0 saturated carbocycles. The van der Waals surface area contributed by atoms with Crippen LogP contribution in [-0.2, 0) is 6.54 Å². The summed E-state index contributed by atoms with van der Waals surface area (Å²) in [5.41, 5.74) is 1.16. The molecule has 1 N–H and O–H groups in total. The zero-order valence-corrected chi connectivity index (χ0v) is 13.9. The molecule has 1 saturated heterocycles. The molecule has 1 aromatic heterocycles. The van der Waals surface area contributed by atoms with E-state index in [1.54, 1.807) is 12.1 Å². The van der Waals surface area contributed by atoms with Crippen molar-refractivity contribution in [3.05, 3.63) is 48.0 Å². The Labute approximate surface area is 141 Å². The smallest absolute Gasteiger partial charge is 0.123 e. The number of hydrogen-bond acceptors (Lipinski definition) is 4. The van der Waals surface area contributed by atoms with Crippen molar-refractivity contribution in [2.75, 3.05) is 19.7 Å². The molecule has 1 aliphatic rings. The Morgan fingerprint density at radius 3 is 2.88 bits per heavy atom. The number of aromatic nitrogens is 2. The molecule has 1 fully saturated rings. The van der Waals surface area contributed by atoms with E-state index in [0.29, 0.717) is 18.3 Å². The van der Waals surface area contributed by atoms with Crippen molar-refractivity contribution >= 4 is 0 Å². The minimum absolute atomic E-state index is 0.204. The molecule has 1 aliphatic heterocycles. The molecule has 0 unspecified atom stereocenters. The second-order valence-corrected chi connectivity index (χ2v) is 6.45. The van der Waals surface area contributed by atoms with E-state index in [9.17, 15) is 9.50 Å². The van der Waals surface area contributed by atoms with Crippen molar-refractivity contribution in [2.45, 2.75) is 38.5 Å². The zero-order chi connectivity index (χ0) is 16.9. The Kier molecular flexibility index (Phi) is 5.48. The van der Waals surface area contributed by atoms with E-state index in [1.807, 2.05) is 24.0 Å². The Hall–Kier alpha value is -1.92. The van der Waals surface area contributed by atoms with Crippen LogP contribution in [0, 0.1) is 12.7 Å². The SMILES string of the molecule is Cc1cnn(C[C@H]2CCCN2C[C@@H](O)COc2ccc(F)cc2)c1. The van der Waals surface area contributed by atoms with Gasteiger partial charge in [0.05, 0.1) is 12.7 Å². The summed E-state index contributed by atoms with van der Waals surface area (Å²) in [6, 6.07) is 6.24. The summed E-state index contributed by atoms with van der Waals surface area (Å²) in [7, 11) is 0. The monoisotopic (exact) mass is 333 g/mol. The fourth-order valence-electron chi connectivity index (χ4n) is 3.17. The van der Waals surface area contributed by atoms with Crippen molar-refractivity contribution in [3.63, 3.8) is 0 Å². The molecule has 6 heteroatoms. The summed E-state index contributed by atoms with van der Waals surface area (Å²) in [4.78, 5) is 2.30. The summed E-state index contributed by atoms with van der Waals surface area (Å²) < 4.78 is 20.4. The predicted octanol–water partition coefficient (Wildman–Crippen LogP) is 2.23. The van der Waals surface area contributed by atoms with Gasteiger partial charge in [-0.2, -0.15) is 5.10 Å². The molecule has 3 rings (SSSR count). The standard InChI is InChI=1S/C18H24FN3O2/c1-14-9-20-22(10-14)11-16-3-2-8-21(16)12-17(23)13-24-18-6-4-15(19)5-7-18/h4-7,9-10,16-17,23H,2-3,8,11-13H2,1H3/t16-,17-/m1/s1. The molecule has 0 amide bonds. The number of aliphatic hydroxyl groups excluding tert-OH is 1. The Bertz CT molecular complexity index is 644. The van der Waals surface area contributed by atoms with Crippen LogP contribution in [0.2, 0.25) is 0 Å². The Morgan fingerprint density at radius 1 is 1.38 bits per heavy atom. The second-order valence-electron chi connectivity index (χ2n) is 6.45. The molecule has 2 atom stereocenters. The molecule has 0 spiro atoms. The van der Waals surface area contributed by atoms with Gasteiger partial charge in [0.2, 0.25) is 0 Å². The molecule has 0 bridgehead atoms. The number of halogens is 1. The van der Waals surface area contributed by atoms with E-state index in [1.165, 1.54) is 12.1 Å². The highest BCUT2D eigenvalue weighted by molar-refractivity contribution is 5.22. The third kappa shape index (κ3) is 4.55. The first-order valence-electron chi connectivity index (χ1n) is 8.39. The number of ether oxygens (including phenoxy) is 1. The quantitative estimate of drug-likeness (QED) is 0.844. The number of likely N-dealkylation sites (tertiary alicyclic amines) is 1.